The number of halogens is 1. The number of cyclic esters (lactones) is 1. The molecule has 1 unspecified atom stereocenters. The molecule has 0 aliphatic carbocycles. The third-order valence-electron chi connectivity index (χ3n) is 3.68. The maximum absolute atomic E-state index is 12.2. The largest absolute Gasteiger partial charge is 0.453 e. The number of carbonyl (C=O) groups excluding carboxylic acids is 1. The van der Waals surface area contributed by atoms with E-state index in [1.807, 2.05) is 48.5 Å². The van der Waals surface area contributed by atoms with Crippen molar-refractivity contribution in [2.24, 2.45) is 0 Å². The first kappa shape index (κ1) is 16.2. The molecule has 0 amide bonds. The third kappa shape index (κ3) is 4.40. The fraction of sp³-hybridized carbons (Fsp3) is 0.211. The van der Waals surface area contributed by atoms with Crippen molar-refractivity contribution in [3.8, 4) is 0 Å². The Kier molecular flexibility index (Phi) is 5.42. The average molecular weight is 345 g/mol. The Bertz CT molecular complexity index is 712. The van der Waals surface area contributed by atoms with Gasteiger partial charge in [-0.15, -0.1) is 11.8 Å². The van der Waals surface area contributed by atoms with Crippen LogP contribution in [-0.2, 0) is 16.0 Å². The summed E-state index contributed by atoms with van der Waals surface area (Å²) in [5, 5.41) is 0.658. The zero-order valence-corrected chi connectivity index (χ0v) is 14.1. The Balaban J connectivity index is 1.57. The molecule has 1 aliphatic rings. The predicted octanol–water partition coefficient (Wildman–Crippen LogP) is 5.19. The first-order valence-electron chi connectivity index (χ1n) is 7.56. The molecular formula is C19H17ClO2S. The number of thioether (sulfide) groups is 1. The molecular weight excluding hydrogens is 328 g/mol. The first-order valence-corrected chi connectivity index (χ1v) is 8.92. The number of hydrogen-bond donors (Lipinski definition) is 0. The summed E-state index contributed by atoms with van der Waals surface area (Å²) in [6, 6.07) is 17.7. The highest BCUT2D eigenvalue weighted by Crippen LogP contribution is 2.33. The molecule has 2 aromatic carbocycles. The van der Waals surface area contributed by atoms with Gasteiger partial charge in [-0.2, -0.15) is 0 Å². The maximum atomic E-state index is 12.2. The van der Waals surface area contributed by atoms with Crippen LogP contribution in [0.4, 0.5) is 0 Å². The van der Waals surface area contributed by atoms with Crippen molar-refractivity contribution in [1.82, 2.24) is 0 Å². The highest BCUT2D eigenvalue weighted by molar-refractivity contribution is 8.03. The average Bonchev–Trinajstić information content (AvgIpc) is 2.57. The molecule has 1 aliphatic heterocycles. The van der Waals surface area contributed by atoms with Crippen LogP contribution in [0.2, 0.25) is 5.02 Å². The molecule has 1 atom stereocenters. The van der Waals surface area contributed by atoms with Gasteiger partial charge in [0.15, 0.2) is 0 Å². The van der Waals surface area contributed by atoms with Gasteiger partial charge in [-0.05, 0) is 29.7 Å². The maximum Gasteiger partial charge on any atom is 0.344 e. The fourth-order valence-electron chi connectivity index (χ4n) is 2.49. The van der Waals surface area contributed by atoms with Gasteiger partial charge in [0.25, 0.3) is 0 Å². The number of aryl methyl sites for hydroxylation is 1. The van der Waals surface area contributed by atoms with E-state index in [2.05, 4.69) is 12.1 Å². The first-order chi connectivity index (χ1) is 11.2. The van der Waals surface area contributed by atoms with Crippen LogP contribution in [0.15, 0.2) is 65.6 Å². The van der Waals surface area contributed by atoms with Gasteiger partial charge in [0.1, 0.15) is 6.10 Å². The van der Waals surface area contributed by atoms with Gasteiger partial charge in [-0.25, -0.2) is 4.79 Å². The Morgan fingerprint density at radius 2 is 1.96 bits per heavy atom. The lowest BCUT2D eigenvalue weighted by Crippen LogP contribution is -2.17. The lowest BCUT2D eigenvalue weighted by atomic mass is 10.0. The third-order valence-corrected chi connectivity index (χ3v) is 4.97. The van der Waals surface area contributed by atoms with Crippen molar-refractivity contribution in [3.05, 3.63) is 81.7 Å². The standard InChI is InChI=1S/C19H17ClO2S/c20-16-8-4-7-15(13-16)17-9-10-18(19(21)22-17)23-12-11-14-5-2-1-3-6-14/h1-8,10,13,17H,9,11-12H2. The summed E-state index contributed by atoms with van der Waals surface area (Å²) >= 11 is 7.56. The smallest absolute Gasteiger partial charge is 0.344 e. The van der Waals surface area contributed by atoms with E-state index in [-0.39, 0.29) is 12.1 Å². The van der Waals surface area contributed by atoms with Gasteiger partial charge in [-0.1, -0.05) is 60.1 Å². The molecule has 0 radical (unpaired) electrons. The Morgan fingerprint density at radius 1 is 1.13 bits per heavy atom. The van der Waals surface area contributed by atoms with Gasteiger partial charge >= 0.3 is 5.97 Å². The van der Waals surface area contributed by atoms with E-state index >= 15 is 0 Å². The zero-order chi connectivity index (χ0) is 16.1. The zero-order valence-electron chi connectivity index (χ0n) is 12.6. The van der Waals surface area contributed by atoms with E-state index in [1.165, 1.54) is 5.56 Å². The van der Waals surface area contributed by atoms with E-state index < -0.39 is 0 Å². The minimum Gasteiger partial charge on any atom is -0.453 e. The molecule has 23 heavy (non-hydrogen) atoms. The Labute approximate surface area is 145 Å². The molecule has 0 fully saturated rings. The lowest BCUT2D eigenvalue weighted by Gasteiger charge is -2.22. The molecule has 2 nitrogen and oxygen atoms in total. The molecule has 0 spiro atoms. The van der Waals surface area contributed by atoms with Crippen molar-refractivity contribution in [1.29, 1.82) is 0 Å². The number of hydrogen-bond acceptors (Lipinski definition) is 3. The molecule has 0 N–H and O–H groups in total. The fourth-order valence-corrected chi connectivity index (χ4v) is 3.62. The number of esters is 1. The van der Waals surface area contributed by atoms with Crippen molar-refractivity contribution in [2.45, 2.75) is 18.9 Å². The van der Waals surface area contributed by atoms with Gasteiger partial charge < -0.3 is 4.74 Å². The monoisotopic (exact) mass is 344 g/mol. The summed E-state index contributed by atoms with van der Waals surface area (Å²) in [6.45, 7) is 0. The minimum absolute atomic E-state index is 0.236. The van der Waals surface area contributed by atoms with Crippen molar-refractivity contribution in [2.75, 3.05) is 5.75 Å². The lowest BCUT2D eigenvalue weighted by molar-refractivity contribution is -0.144. The predicted molar refractivity (Wildman–Crippen MR) is 95.6 cm³/mol. The van der Waals surface area contributed by atoms with E-state index in [1.54, 1.807) is 11.8 Å². The quantitative estimate of drug-likeness (QED) is 0.698. The van der Waals surface area contributed by atoms with Crippen LogP contribution in [0, 0.1) is 0 Å². The van der Waals surface area contributed by atoms with E-state index in [0.29, 0.717) is 16.3 Å². The van der Waals surface area contributed by atoms with Gasteiger partial charge in [0.05, 0.1) is 4.91 Å². The molecule has 1 heterocycles. The molecule has 0 aromatic heterocycles. The van der Waals surface area contributed by atoms with E-state index in [4.69, 9.17) is 16.3 Å². The van der Waals surface area contributed by atoms with Crippen molar-refractivity contribution in [3.63, 3.8) is 0 Å². The normalized spacial score (nSPS) is 17.5. The number of ether oxygens (including phenoxy) is 1. The molecule has 118 valence electrons. The van der Waals surface area contributed by atoms with Gasteiger partial charge in [0, 0.05) is 17.2 Å². The molecule has 0 saturated carbocycles. The van der Waals surface area contributed by atoms with E-state index in [0.717, 1.165) is 17.7 Å². The van der Waals surface area contributed by atoms with Crippen LogP contribution in [-0.4, -0.2) is 11.7 Å². The van der Waals surface area contributed by atoms with Crippen LogP contribution in [0.5, 0.6) is 0 Å². The van der Waals surface area contributed by atoms with Gasteiger partial charge in [-0.3, -0.25) is 0 Å². The second-order valence-corrected chi connectivity index (χ2v) is 6.91. The summed E-state index contributed by atoms with van der Waals surface area (Å²) in [7, 11) is 0. The molecule has 3 rings (SSSR count). The van der Waals surface area contributed by atoms with Crippen LogP contribution in [0.1, 0.15) is 23.7 Å². The summed E-state index contributed by atoms with van der Waals surface area (Å²) < 4.78 is 5.56. The van der Waals surface area contributed by atoms with Crippen LogP contribution < -0.4 is 0 Å². The SMILES string of the molecule is O=C1OC(c2cccc(Cl)c2)CC=C1SCCc1ccccc1. The molecule has 2 aromatic rings. The summed E-state index contributed by atoms with van der Waals surface area (Å²) in [4.78, 5) is 12.9. The van der Waals surface area contributed by atoms with Gasteiger partial charge in [0.2, 0.25) is 0 Å². The van der Waals surface area contributed by atoms with Crippen molar-refractivity contribution < 1.29 is 9.53 Å². The van der Waals surface area contributed by atoms with Crippen molar-refractivity contribution >= 4 is 29.3 Å². The molecule has 0 saturated heterocycles. The van der Waals surface area contributed by atoms with Crippen LogP contribution >= 0.6 is 23.4 Å². The Morgan fingerprint density at radius 3 is 2.70 bits per heavy atom. The number of carbonyl (C=O) groups is 1. The van der Waals surface area contributed by atoms with Crippen LogP contribution in [0.3, 0.4) is 0 Å². The highest BCUT2D eigenvalue weighted by Gasteiger charge is 2.24. The minimum atomic E-state index is -0.237. The highest BCUT2D eigenvalue weighted by atomic mass is 35.5. The Hall–Kier alpha value is -1.71. The second kappa shape index (κ2) is 7.71. The summed E-state index contributed by atoms with van der Waals surface area (Å²) in [5.74, 6) is 0.631. The second-order valence-electron chi connectivity index (χ2n) is 5.34. The molecule has 0 bridgehead atoms. The molecule has 4 heteroatoms. The number of benzene rings is 2. The van der Waals surface area contributed by atoms with E-state index in [9.17, 15) is 4.79 Å². The summed E-state index contributed by atoms with van der Waals surface area (Å²) in [5.41, 5.74) is 2.22. The van der Waals surface area contributed by atoms with Crippen LogP contribution in [0.25, 0.3) is 0 Å². The number of rotatable bonds is 5. The topological polar surface area (TPSA) is 26.3 Å². The summed E-state index contributed by atoms with van der Waals surface area (Å²) in [6.07, 6.45) is 3.38.